The van der Waals surface area contributed by atoms with Gasteiger partial charge in [0.05, 0.1) is 12.8 Å². The summed E-state index contributed by atoms with van der Waals surface area (Å²) in [6.07, 6.45) is -3.27. The smallest absolute Gasteiger partial charge is 0.464 e. The van der Waals surface area contributed by atoms with Crippen molar-refractivity contribution in [2.45, 2.75) is 20.2 Å². The molecule has 0 saturated heterocycles. The van der Waals surface area contributed by atoms with E-state index < -0.39 is 12.3 Å². The van der Waals surface area contributed by atoms with E-state index in [1.807, 2.05) is 13.8 Å². The van der Waals surface area contributed by atoms with Crippen LogP contribution in [0.1, 0.15) is 30.0 Å². The van der Waals surface area contributed by atoms with Gasteiger partial charge in [-0.2, -0.15) is 0 Å². The lowest BCUT2D eigenvalue weighted by Gasteiger charge is -2.10. The topological polar surface area (TPSA) is 70.5 Å². The lowest BCUT2D eigenvalue weighted by Crippen LogP contribution is -2.16. The third kappa shape index (κ3) is 6.83. The summed E-state index contributed by atoms with van der Waals surface area (Å²) >= 11 is 0. The summed E-state index contributed by atoms with van der Waals surface area (Å²) in [6, 6.07) is 13.1. The number of carbonyl (C=O) groups is 1. The van der Waals surface area contributed by atoms with Crippen molar-refractivity contribution in [3.63, 3.8) is 0 Å². The molecule has 3 aromatic rings. The summed E-state index contributed by atoms with van der Waals surface area (Å²) in [6.45, 7) is 7.64. The number of benzene rings is 2. The van der Waals surface area contributed by atoms with Crippen LogP contribution in [0.4, 0.5) is 13.2 Å². The van der Waals surface area contributed by atoms with Crippen molar-refractivity contribution in [2.75, 3.05) is 7.11 Å². The third-order valence-corrected chi connectivity index (χ3v) is 3.76. The fourth-order valence-corrected chi connectivity index (χ4v) is 2.43. The van der Waals surface area contributed by atoms with E-state index in [1.54, 1.807) is 24.3 Å². The third-order valence-electron chi connectivity index (χ3n) is 3.76. The molecule has 1 aromatic heterocycles. The number of alkyl halides is 3. The molecule has 0 aliphatic heterocycles. The quantitative estimate of drug-likeness (QED) is 0.415. The molecule has 2 aromatic carbocycles. The normalized spacial score (nSPS) is 10.4. The first-order valence-electron chi connectivity index (χ1n) is 9.51. The molecule has 32 heavy (non-hydrogen) atoms. The molecule has 0 saturated carbocycles. The molecule has 0 fully saturated rings. The Balaban J connectivity index is 0.00000176. The van der Waals surface area contributed by atoms with Gasteiger partial charge in [0.2, 0.25) is 0 Å². The fraction of sp³-hybridized carbons (Fsp3) is 0.174. The van der Waals surface area contributed by atoms with Gasteiger partial charge in [-0.15, -0.1) is 13.2 Å². The number of ether oxygens (including phenoxy) is 3. The number of hydrogen-bond donors (Lipinski definition) is 0. The van der Waals surface area contributed by atoms with E-state index in [0.29, 0.717) is 28.6 Å². The standard InChI is InChI=1S/C21H15F3N2O4.C2H6/c1-3-14-12-18(20(27)28-2)26-19(25-14)13-4-6-15(7-5-13)29-16-8-10-17(11-9-16)30-21(22,23)24;1-2/h3-12H,1H2,2H3;1-2H3. The Hall–Kier alpha value is -3.88. The van der Waals surface area contributed by atoms with Crippen LogP contribution in [0.25, 0.3) is 17.5 Å². The number of esters is 1. The lowest BCUT2D eigenvalue weighted by atomic mass is 10.2. The summed E-state index contributed by atoms with van der Waals surface area (Å²) in [7, 11) is 1.26. The van der Waals surface area contributed by atoms with Crippen LogP contribution in [0.15, 0.2) is 61.2 Å². The lowest BCUT2D eigenvalue weighted by molar-refractivity contribution is -0.274. The van der Waals surface area contributed by atoms with Crippen LogP contribution in [0.3, 0.4) is 0 Å². The highest BCUT2D eigenvalue weighted by Crippen LogP contribution is 2.28. The van der Waals surface area contributed by atoms with E-state index in [9.17, 15) is 18.0 Å². The second-order valence-electron chi connectivity index (χ2n) is 5.84. The summed E-state index contributed by atoms with van der Waals surface area (Å²) in [5, 5.41) is 0. The van der Waals surface area contributed by atoms with Gasteiger partial charge in [0.15, 0.2) is 11.5 Å². The van der Waals surface area contributed by atoms with E-state index in [0.717, 1.165) is 12.1 Å². The SMILES string of the molecule is C=Cc1cc(C(=O)OC)nc(-c2ccc(Oc3ccc(OC(F)(F)F)cc3)cc2)n1.CC. The van der Waals surface area contributed by atoms with Crippen molar-refractivity contribution >= 4 is 12.0 Å². The molecule has 0 atom stereocenters. The first-order valence-corrected chi connectivity index (χ1v) is 9.51. The molecule has 0 aliphatic carbocycles. The average Bonchev–Trinajstić information content (AvgIpc) is 2.80. The van der Waals surface area contributed by atoms with E-state index in [4.69, 9.17) is 9.47 Å². The Morgan fingerprint density at radius 3 is 1.97 bits per heavy atom. The molecule has 0 amide bonds. The second-order valence-corrected chi connectivity index (χ2v) is 5.84. The maximum absolute atomic E-state index is 12.2. The number of aromatic nitrogens is 2. The van der Waals surface area contributed by atoms with Crippen molar-refractivity contribution < 1.29 is 32.2 Å². The van der Waals surface area contributed by atoms with Crippen LogP contribution in [-0.2, 0) is 4.74 Å². The molecular formula is C23H21F3N2O4. The van der Waals surface area contributed by atoms with Crippen molar-refractivity contribution in [1.82, 2.24) is 9.97 Å². The Morgan fingerprint density at radius 2 is 1.47 bits per heavy atom. The molecule has 0 spiro atoms. The number of hydrogen-bond acceptors (Lipinski definition) is 6. The molecule has 0 bridgehead atoms. The number of rotatable bonds is 6. The monoisotopic (exact) mass is 446 g/mol. The zero-order valence-corrected chi connectivity index (χ0v) is 17.6. The van der Waals surface area contributed by atoms with Gasteiger partial charge < -0.3 is 14.2 Å². The first-order chi connectivity index (χ1) is 15.3. The summed E-state index contributed by atoms with van der Waals surface area (Å²) in [5.74, 6) is 0.130. The van der Waals surface area contributed by atoms with Gasteiger partial charge in [0, 0.05) is 5.56 Å². The van der Waals surface area contributed by atoms with Gasteiger partial charge in [-0.3, -0.25) is 0 Å². The molecule has 168 valence electrons. The van der Waals surface area contributed by atoms with Crippen LogP contribution in [0, 0.1) is 0 Å². The summed E-state index contributed by atoms with van der Waals surface area (Å²) < 4.78 is 50.7. The van der Waals surface area contributed by atoms with Crippen LogP contribution >= 0.6 is 0 Å². The van der Waals surface area contributed by atoms with Crippen molar-refractivity contribution in [3.05, 3.63) is 72.6 Å². The van der Waals surface area contributed by atoms with Gasteiger partial charge in [0.25, 0.3) is 0 Å². The van der Waals surface area contributed by atoms with Crippen molar-refractivity contribution in [2.24, 2.45) is 0 Å². The minimum atomic E-state index is -4.75. The molecule has 0 radical (unpaired) electrons. The molecule has 0 aliphatic rings. The number of halogens is 3. The van der Waals surface area contributed by atoms with Gasteiger partial charge in [-0.25, -0.2) is 14.8 Å². The molecule has 0 N–H and O–H groups in total. The van der Waals surface area contributed by atoms with Crippen LogP contribution in [0.5, 0.6) is 17.2 Å². The van der Waals surface area contributed by atoms with Gasteiger partial charge in [-0.05, 0) is 60.7 Å². The maximum Gasteiger partial charge on any atom is 0.573 e. The van der Waals surface area contributed by atoms with Crippen molar-refractivity contribution in [3.8, 4) is 28.6 Å². The number of carbonyl (C=O) groups excluding carboxylic acids is 1. The highest BCUT2D eigenvalue weighted by molar-refractivity contribution is 5.88. The van der Waals surface area contributed by atoms with E-state index in [-0.39, 0.29) is 11.4 Å². The number of methoxy groups -OCH3 is 1. The Bertz CT molecular complexity index is 1050. The molecule has 6 nitrogen and oxygen atoms in total. The predicted molar refractivity (Wildman–Crippen MR) is 113 cm³/mol. The summed E-state index contributed by atoms with van der Waals surface area (Å²) in [4.78, 5) is 20.3. The molecular weight excluding hydrogens is 425 g/mol. The predicted octanol–water partition coefficient (Wildman–Crippen LogP) is 6.29. The first kappa shape index (κ1) is 24.4. The minimum absolute atomic E-state index is 0.0962. The highest BCUT2D eigenvalue weighted by atomic mass is 19.4. The van der Waals surface area contributed by atoms with E-state index in [2.05, 4.69) is 21.3 Å². The second kappa shape index (κ2) is 10.9. The molecule has 1 heterocycles. The van der Waals surface area contributed by atoms with Crippen LogP contribution < -0.4 is 9.47 Å². The largest absolute Gasteiger partial charge is 0.573 e. The maximum atomic E-state index is 12.2. The molecule has 9 heteroatoms. The Labute approximate surface area is 183 Å². The average molecular weight is 446 g/mol. The van der Waals surface area contributed by atoms with Crippen LogP contribution in [-0.4, -0.2) is 29.4 Å². The van der Waals surface area contributed by atoms with E-state index in [1.165, 1.54) is 31.4 Å². The van der Waals surface area contributed by atoms with Gasteiger partial charge in [-0.1, -0.05) is 20.4 Å². The van der Waals surface area contributed by atoms with E-state index >= 15 is 0 Å². The Kier molecular flexibility index (Phi) is 8.34. The zero-order valence-electron chi connectivity index (χ0n) is 17.6. The molecule has 3 rings (SSSR count). The fourth-order valence-electron chi connectivity index (χ4n) is 2.43. The number of nitrogens with zero attached hydrogens (tertiary/aromatic N) is 2. The zero-order chi connectivity index (χ0) is 23.7. The summed E-state index contributed by atoms with van der Waals surface area (Å²) in [5.41, 5.74) is 1.17. The molecule has 0 unspecified atom stereocenters. The Morgan fingerprint density at radius 1 is 0.938 bits per heavy atom. The van der Waals surface area contributed by atoms with Crippen molar-refractivity contribution in [1.29, 1.82) is 0 Å². The van der Waals surface area contributed by atoms with Gasteiger partial charge >= 0.3 is 12.3 Å². The van der Waals surface area contributed by atoms with Gasteiger partial charge in [0.1, 0.15) is 17.2 Å². The highest BCUT2D eigenvalue weighted by Gasteiger charge is 2.31. The minimum Gasteiger partial charge on any atom is -0.464 e. The van der Waals surface area contributed by atoms with Crippen LogP contribution in [0.2, 0.25) is 0 Å².